The lowest BCUT2D eigenvalue weighted by Gasteiger charge is -2.19. The molecule has 0 fully saturated rings. The molecule has 0 aliphatic carbocycles. The molecule has 0 saturated carbocycles. The second kappa shape index (κ2) is 6.04. The third kappa shape index (κ3) is 3.34. The number of ether oxygens (including phenoxy) is 1. The molecule has 102 valence electrons. The van der Waals surface area contributed by atoms with Crippen LogP contribution in [0.3, 0.4) is 0 Å². The highest BCUT2D eigenvalue weighted by Crippen LogP contribution is 2.36. The molecular formula is C12H14N2O5. The zero-order valence-corrected chi connectivity index (χ0v) is 10.2. The second-order valence-corrected chi connectivity index (χ2v) is 3.91. The average molecular weight is 266 g/mol. The molecule has 1 aromatic rings. The minimum absolute atomic E-state index is 0.0145. The molecule has 19 heavy (non-hydrogen) atoms. The number of rotatable bonds is 5. The number of methoxy groups -OCH3 is 1. The molecule has 0 aromatic heterocycles. The summed E-state index contributed by atoms with van der Waals surface area (Å²) >= 11 is 0. The van der Waals surface area contributed by atoms with E-state index in [-0.39, 0.29) is 16.9 Å². The molecule has 0 radical (unpaired) electrons. The molecule has 0 heterocycles. The Labute approximate surface area is 109 Å². The van der Waals surface area contributed by atoms with Crippen molar-refractivity contribution >= 4 is 5.91 Å². The summed E-state index contributed by atoms with van der Waals surface area (Å²) in [6.07, 6.45) is -3.52. The molecule has 0 bridgehead atoms. The molecule has 2 unspecified atom stereocenters. The van der Waals surface area contributed by atoms with Gasteiger partial charge in [-0.25, -0.2) is 0 Å². The first-order valence-corrected chi connectivity index (χ1v) is 5.36. The fourth-order valence-electron chi connectivity index (χ4n) is 1.60. The fraction of sp³-hybridized carbons (Fsp3) is 0.333. The summed E-state index contributed by atoms with van der Waals surface area (Å²) in [4.78, 5) is 10.7. The van der Waals surface area contributed by atoms with Crippen LogP contribution in [0.4, 0.5) is 0 Å². The number of carbonyl (C=O) groups excluding carboxylic acids is 1. The van der Waals surface area contributed by atoms with Crippen molar-refractivity contribution in [3.63, 3.8) is 0 Å². The van der Waals surface area contributed by atoms with E-state index in [1.807, 2.05) is 6.07 Å². The number of primary amides is 1. The lowest BCUT2D eigenvalue weighted by Crippen LogP contribution is -2.25. The van der Waals surface area contributed by atoms with Gasteiger partial charge in [-0.05, 0) is 6.07 Å². The number of nitrogens with two attached hydrogens (primary N) is 1. The molecule has 0 saturated heterocycles. The van der Waals surface area contributed by atoms with Crippen LogP contribution in [0.15, 0.2) is 12.1 Å². The average Bonchev–Trinajstić information content (AvgIpc) is 2.37. The number of hydrogen-bond donors (Lipinski definition) is 4. The Kier molecular flexibility index (Phi) is 4.69. The predicted molar refractivity (Wildman–Crippen MR) is 64.2 cm³/mol. The molecular weight excluding hydrogens is 252 g/mol. The number of phenolic OH excluding ortho intramolecular Hbond substituents is 1. The maximum atomic E-state index is 10.7. The van der Waals surface area contributed by atoms with Crippen LogP contribution in [0.5, 0.6) is 11.5 Å². The largest absolute Gasteiger partial charge is 0.504 e. The number of aliphatic hydroxyl groups excluding tert-OH is 2. The van der Waals surface area contributed by atoms with Gasteiger partial charge in [-0.1, -0.05) is 0 Å². The smallest absolute Gasteiger partial charge is 0.220 e. The van der Waals surface area contributed by atoms with Crippen LogP contribution < -0.4 is 10.5 Å². The van der Waals surface area contributed by atoms with Gasteiger partial charge in [0.1, 0.15) is 6.10 Å². The molecule has 0 aliphatic heterocycles. The van der Waals surface area contributed by atoms with E-state index in [0.29, 0.717) is 0 Å². The summed E-state index contributed by atoms with van der Waals surface area (Å²) in [5, 5.41) is 38.2. The van der Waals surface area contributed by atoms with E-state index in [1.54, 1.807) is 0 Å². The van der Waals surface area contributed by atoms with Crippen molar-refractivity contribution in [2.45, 2.75) is 18.6 Å². The number of amides is 1. The number of carbonyl (C=O) groups is 1. The number of hydrogen-bond acceptors (Lipinski definition) is 6. The van der Waals surface area contributed by atoms with E-state index in [0.717, 1.165) is 0 Å². The van der Waals surface area contributed by atoms with Crippen LogP contribution in [0.1, 0.15) is 23.7 Å². The molecule has 1 amide bonds. The van der Waals surface area contributed by atoms with Crippen molar-refractivity contribution in [1.29, 1.82) is 5.26 Å². The van der Waals surface area contributed by atoms with Crippen molar-refractivity contribution in [1.82, 2.24) is 0 Å². The van der Waals surface area contributed by atoms with Gasteiger partial charge in [0.15, 0.2) is 11.5 Å². The van der Waals surface area contributed by atoms with Gasteiger partial charge in [-0.15, -0.1) is 0 Å². The van der Waals surface area contributed by atoms with Gasteiger partial charge in [-0.3, -0.25) is 4.79 Å². The fourth-order valence-corrected chi connectivity index (χ4v) is 1.60. The molecule has 2 atom stereocenters. The number of phenols is 1. The zero-order valence-electron chi connectivity index (χ0n) is 10.2. The maximum absolute atomic E-state index is 10.7. The van der Waals surface area contributed by atoms with Gasteiger partial charge in [0, 0.05) is 11.6 Å². The van der Waals surface area contributed by atoms with Crippen molar-refractivity contribution < 1.29 is 24.9 Å². The van der Waals surface area contributed by atoms with Crippen molar-refractivity contribution in [3.8, 4) is 17.6 Å². The quantitative estimate of drug-likeness (QED) is 0.569. The molecule has 7 nitrogen and oxygen atoms in total. The number of aromatic hydroxyl groups is 1. The first-order valence-electron chi connectivity index (χ1n) is 5.36. The van der Waals surface area contributed by atoms with E-state index < -0.39 is 30.3 Å². The number of nitrogens with zero attached hydrogens (tertiary/aromatic N) is 1. The van der Waals surface area contributed by atoms with E-state index in [9.17, 15) is 20.1 Å². The molecule has 0 aliphatic rings. The standard InChI is InChI=1S/C12H14N2O5/c1-19-9-3-6(5-13)2-7(12(9)18)11(17)8(15)4-10(14)16/h2-3,8,11,15,17-18H,4H2,1H3,(H2,14,16). The monoisotopic (exact) mass is 266 g/mol. The molecule has 1 rings (SSSR count). The summed E-state index contributed by atoms with van der Waals surface area (Å²) in [6.45, 7) is 0. The Morgan fingerprint density at radius 3 is 2.63 bits per heavy atom. The third-order valence-electron chi connectivity index (χ3n) is 2.55. The Bertz CT molecular complexity index is 524. The van der Waals surface area contributed by atoms with Gasteiger partial charge in [0.05, 0.1) is 31.3 Å². The number of benzene rings is 1. The lowest BCUT2D eigenvalue weighted by atomic mass is 9.98. The van der Waals surface area contributed by atoms with Crippen LogP contribution in [0.2, 0.25) is 0 Å². The van der Waals surface area contributed by atoms with E-state index in [4.69, 9.17) is 15.7 Å². The second-order valence-electron chi connectivity index (χ2n) is 3.91. The van der Waals surface area contributed by atoms with Crippen LogP contribution in [-0.2, 0) is 4.79 Å². The third-order valence-corrected chi connectivity index (χ3v) is 2.55. The molecule has 0 spiro atoms. The van der Waals surface area contributed by atoms with Gasteiger partial charge < -0.3 is 25.8 Å². The Hall–Kier alpha value is -2.30. The maximum Gasteiger partial charge on any atom is 0.220 e. The zero-order chi connectivity index (χ0) is 14.6. The van der Waals surface area contributed by atoms with Crippen LogP contribution in [-0.4, -0.2) is 34.4 Å². The van der Waals surface area contributed by atoms with E-state index >= 15 is 0 Å². The highest BCUT2D eigenvalue weighted by Gasteiger charge is 2.25. The van der Waals surface area contributed by atoms with Gasteiger partial charge in [0.25, 0.3) is 0 Å². The SMILES string of the molecule is COc1cc(C#N)cc(C(O)C(O)CC(N)=O)c1O. The summed E-state index contributed by atoms with van der Waals surface area (Å²) < 4.78 is 4.85. The Morgan fingerprint density at radius 2 is 2.16 bits per heavy atom. The van der Waals surface area contributed by atoms with E-state index in [2.05, 4.69) is 0 Å². The highest BCUT2D eigenvalue weighted by molar-refractivity contribution is 5.74. The Balaban J connectivity index is 3.18. The van der Waals surface area contributed by atoms with E-state index in [1.165, 1.54) is 19.2 Å². The predicted octanol–water partition coefficient (Wildman–Crippen LogP) is -0.458. The summed E-state index contributed by atoms with van der Waals surface area (Å²) in [5.74, 6) is -1.22. The van der Waals surface area contributed by atoms with Gasteiger partial charge in [-0.2, -0.15) is 5.26 Å². The van der Waals surface area contributed by atoms with Gasteiger partial charge >= 0.3 is 0 Å². The minimum atomic E-state index is -1.56. The normalized spacial score (nSPS) is 13.4. The minimum Gasteiger partial charge on any atom is -0.504 e. The topological polar surface area (TPSA) is 137 Å². The van der Waals surface area contributed by atoms with Crippen molar-refractivity contribution in [2.24, 2.45) is 5.73 Å². The van der Waals surface area contributed by atoms with Crippen LogP contribution >= 0.6 is 0 Å². The molecule has 1 aromatic carbocycles. The number of aliphatic hydroxyl groups is 2. The summed E-state index contributed by atoms with van der Waals surface area (Å²) in [7, 11) is 1.28. The molecule has 7 heteroatoms. The van der Waals surface area contributed by atoms with Gasteiger partial charge in [0.2, 0.25) is 5.91 Å². The van der Waals surface area contributed by atoms with Crippen LogP contribution in [0, 0.1) is 11.3 Å². The lowest BCUT2D eigenvalue weighted by molar-refractivity contribution is -0.121. The molecule has 5 N–H and O–H groups in total. The van der Waals surface area contributed by atoms with Crippen molar-refractivity contribution in [2.75, 3.05) is 7.11 Å². The van der Waals surface area contributed by atoms with Crippen molar-refractivity contribution in [3.05, 3.63) is 23.3 Å². The summed E-state index contributed by atoms with van der Waals surface area (Å²) in [5.41, 5.74) is 4.94. The first-order chi connectivity index (χ1) is 8.90. The van der Waals surface area contributed by atoms with Crippen LogP contribution in [0.25, 0.3) is 0 Å². The first kappa shape index (κ1) is 14.8. The number of nitriles is 1. The Morgan fingerprint density at radius 1 is 1.53 bits per heavy atom. The highest BCUT2D eigenvalue weighted by atomic mass is 16.5. The summed E-state index contributed by atoms with van der Waals surface area (Å²) in [6, 6.07) is 4.31.